The normalized spacial score (nSPS) is 10.7. The van der Waals surface area contributed by atoms with Crippen LogP contribution in [0.4, 0.5) is 18.9 Å². The lowest BCUT2D eigenvalue weighted by molar-refractivity contribution is -0.137. The number of carbonyl (C=O) groups is 1. The lowest BCUT2D eigenvalue weighted by atomic mass is 10.2. The maximum atomic E-state index is 12.6. The van der Waals surface area contributed by atoms with Gasteiger partial charge in [-0.15, -0.1) is 11.8 Å². The van der Waals surface area contributed by atoms with Gasteiger partial charge in [-0.3, -0.25) is 4.79 Å². The minimum atomic E-state index is -4.47. The minimum absolute atomic E-state index is 0.0342. The average molecular weight is 304 g/mol. The molecule has 0 atom stereocenters. The van der Waals surface area contributed by atoms with E-state index >= 15 is 0 Å². The van der Waals surface area contributed by atoms with E-state index in [2.05, 4.69) is 17.2 Å². The summed E-state index contributed by atoms with van der Waals surface area (Å²) in [6, 6.07) is 2.81. The van der Waals surface area contributed by atoms with Crippen molar-refractivity contribution in [1.29, 1.82) is 0 Å². The van der Waals surface area contributed by atoms with E-state index in [1.165, 1.54) is 0 Å². The molecule has 2 nitrogen and oxygen atoms in total. The van der Waals surface area contributed by atoms with Crippen molar-refractivity contribution in [3.63, 3.8) is 0 Å². The zero-order valence-electron chi connectivity index (χ0n) is 10.8. The summed E-state index contributed by atoms with van der Waals surface area (Å²) in [4.78, 5) is 11.6. The Labute approximate surface area is 120 Å². The van der Waals surface area contributed by atoms with Crippen LogP contribution >= 0.6 is 11.6 Å². The molecule has 0 saturated heterocycles. The first-order valence-corrected chi connectivity index (χ1v) is 6.28. The van der Waals surface area contributed by atoms with Gasteiger partial charge in [0.2, 0.25) is 5.91 Å². The molecule has 0 radical (unpaired) electrons. The number of amides is 1. The SMILES string of the molecule is CC#CCCCC(=O)Nc1cc(C(F)(F)F)ccc1Cl. The molecule has 0 spiro atoms. The largest absolute Gasteiger partial charge is 0.416 e. The van der Waals surface area contributed by atoms with Crippen LogP contribution in [0.25, 0.3) is 0 Å². The van der Waals surface area contributed by atoms with Crippen LogP contribution in [-0.2, 0) is 11.0 Å². The molecule has 0 aliphatic heterocycles. The molecule has 0 aliphatic carbocycles. The summed E-state index contributed by atoms with van der Waals surface area (Å²) < 4.78 is 37.7. The van der Waals surface area contributed by atoms with Gasteiger partial charge in [-0.1, -0.05) is 11.6 Å². The molecule has 1 rings (SSSR count). The third-order valence-corrected chi connectivity index (χ3v) is 2.78. The van der Waals surface area contributed by atoms with Crippen molar-refractivity contribution in [2.24, 2.45) is 0 Å². The summed E-state index contributed by atoms with van der Waals surface area (Å²) >= 11 is 5.77. The molecule has 1 aromatic rings. The Bertz CT molecular complexity index is 544. The first-order chi connectivity index (χ1) is 9.34. The van der Waals surface area contributed by atoms with Gasteiger partial charge < -0.3 is 5.32 Å². The molecule has 0 fully saturated rings. The molecule has 0 saturated carbocycles. The fourth-order valence-corrected chi connectivity index (χ4v) is 1.64. The van der Waals surface area contributed by atoms with E-state index in [4.69, 9.17) is 11.6 Å². The number of halogens is 4. The minimum Gasteiger partial charge on any atom is -0.325 e. The van der Waals surface area contributed by atoms with Gasteiger partial charge in [-0.2, -0.15) is 13.2 Å². The number of anilines is 1. The molecule has 6 heteroatoms. The third kappa shape index (κ3) is 5.14. The second kappa shape index (κ2) is 7.20. The Kier molecular flexibility index (Phi) is 5.90. The second-order valence-corrected chi connectivity index (χ2v) is 4.43. The van der Waals surface area contributed by atoms with Gasteiger partial charge in [0.1, 0.15) is 0 Å². The highest BCUT2D eigenvalue weighted by Gasteiger charge is 2.31. The number of hydrogen-bond donors (Lipinski definition) is 1. The van der Waals surface area contributed by atoms with E-state index in [-0.39, 0.29) is 23.0 Å². The van der Waals surface area contributed by atoms with Crippen LogP contribution in [0.15, 0.2) is 18.2 Å². The molecule has 0 aromatic heterocycles. The highest BCUT2D eigenvalue weighted by Crippen LogP contribution is 2.33. The van der Waals surface area contributed by atoms with Crippen LogP contribution in [0, 0.1) is 11.8 Å². The fourth-order valence-electron chi connectivity index (χ4n) is 1.47. The molecular formula is C14H13ClF3NO. The van der Waals surface area contributed by atoms with Crippen molar-refractivity contribution in [3.05, 3.63) is 28.8 Å². The highest BCUT2D eigenvalue weighted by atomic mass is 35.5. The van der Waals surface area contributed by atoms with Crippen LogP contribution in [-0.4, -0.2) is 5.91 Å². The Morgan fingerprint density at radius 1 is 1.40 bits per heavy atom. The van der Waals surface area contributed by atoms with Gasteiger partial charge in [0.15, 0.2) is 0 Å². The number of unbranched alkanes of at least 4 members (excludes halogenated alkanes) is 1. The zero-order valence-corrected chi connectivity index (χ0v) is 11.5. The van der Waals surface area contributed by atoms with E-state index < -0.39 is 11.7 Å². The highest BCUT2D eigenvalue weighted by molar-refractivity contribution is 6.33. The van der Waals surface area contributed by atoms with Crippen LogP contribution < -0.4 is 5.32 Å². The number of benzene rings is 1. The molecule has 0 unspecified atom stereocenters. The maximum absolute atomic E-state index is 12.6. The fraction of sp³-hybridized carbons (Fsp3) is 0.357. The summed E-state index contributed by atoms with van der Waals surface area (Å²) in [5, 5.41) is 2.45. The Hall–Kier alpha value is -1.67. The summed E-state index contributed by atoms with van der Waals surface area (Å²) in [5.41, 5.74) is -0.887. The van der Waals surface area contributed by atoms with Gasteiger partial charge in [0, 0.05) is 12.8 Å². The number of nitrogens with one attached hydrogen (secondary N) is 1. The van der Waals surface area contributed by atoms with Crippen LogP contribution in [0.2, 0.25) is 5.02 Å². The predicted molar refractivity (Wildman–Crippen MR) is 72.4 cm³/mol. The van der Waals surface area contributed by atoms with Crippen molar-refractivity contribution in [1.82, 2.24) is 0 Å². The molecule has 0 aliphatic rings. The van der Waals surface area contributed by atoms with Crippen LogP contribution in [0.5, 0.6) is 0 Å². The Morgan fingerprint density at radius 3 is 2.70 bits per heavy atom. The predicted octanol–water partition coefficient (Wildman–Crippen LogP) is 4.49. The number of carbonyl (C=O) groups excluding carboxylic acids is 1. The molecule has 20 heavy (non-hydrogen) atoms. The summed E-state index contributed by atoms with van der Waals surface area (Å²) in [7, 11) is 0. The molecular weight excluding hydrogens is 291 g/mol. The average Bonchev–Trinajstić information content (AvgIpc) is 2.36. The van der Waals surface area contributed by atoms with Crippen molar-refractivity contribution in [2.45, 2.75) is 32.4 Å². The first kappa shape index (κ1) is 16.4. The van der Waals surface area contributed by atoms with E-state index in [0.29, 0.717) is 12.8 Å². The van der Waals surface area contributed by atoms with E-state index in [0.717, 1.165) is 18.2 Å². The number of alkyl halides is 3. The first-order valence-electron chi connectivity index (χ1n) is 5.91. The topological polar surface area (TPSA) is 29.1 Å². The summed E-state index contributed by atoms with van der Waals surface area (Å²) in [6.45, 7) is 1.70. The second-order valence-electron chi connectivity index (χ2n) is 4.02. The monoisotopic (exact) mass is 303 g/mol. The quantitative estimate of drug-likeness (QED) is 0.644. The van der Waals surface area contributed by atoms with E-state index in [1.807, 2.05) is 0 Å². The lowest BCUT2D eigenvalue weighted by Gasteiger charge is -2.11. The van der Waals surface area contributed by atoms with Crippen LogP contribution in [0.1, 0.15) is 31.7 Å². The van der Waals surface area contributed by atoms with Crippen molar-refractivity contribution < 1.29 is 18.0 Å². The summed E-state index contributed by atoms with van der Waals surface area (Å²) in [6.07, 6.45) is -3.18. The van der Waals surface area contributed by atoms with Crippen molar-refractivity contribution >= 4 is 23.2 Å². The van der Waals surface area contributed by atoms with Gasteiger partial charge in [-0.25, -0.2) is 0 Å². The number of hydrogen-bond acceptors (Lipinski definition) is 1. The standard InChI is InChI=1S/C14H13ClF3NO/c1-2-3-4-5-6-13(20)19-12-9-10(14(16,17)18)7-8-11(12)15/h7-9H,4-6H2,1H3,(H,19,20). The third-order valence-electron chi connectivity index (χ3n) is 2.45. The maximum Gasteiger partial charge on any atom is 0.416 e. The zero-order chi connectivity index (χ0) is 15.2. The molecule has 1 amide bonds. The molecule has 0 bridgehead atoms. The molecule has 0 heterocycles. The van der Waals surface area contributed by atoms with Crippen molar-refractivity contribution in [2.75, 3.05) is 5.32 Å². The van der Waals surface area contributed by atoms with Gasteiger partial charge in [0.05, 0.1) is 16.3 Å². The molecule has 108 valence electrons. The molecule has 1 aromatic carbocycles. The Balaban J connectivity index is 2.71. The van der Waals surface area contributed by atoms with Crippen molar-refractivity contribution in [3.8, 4) is 11.8 Å². The molecule has 1 N–H and O–H groups in total. The van der Waals surface area contributed by atoms with Gasteiger partial charge in [-0.05, 0) is 31.5 Å². The smallest absolute Gasteiger partial charge is 0.325 e. The van der Waals surface area contributed by atoms with E-state index in [1.54, 1.807) is 6.92 Å². The van der Waals surface area contributed by atoms with Gasteiger partial charge >= 0.3 is 6.18 Å². The summed E-state index contributed by atoms with van der Waals surface area (Å²) in [5.74, 6) is 5.11. The lowest BCUT2D eigenvalue weighted by Crippen LogP contribution is -2.13. The Morgan fingerprint density at radius 2 is 2.10 bits per heavy atom. The van der Waals surface area contributed by atoms with E-state index in [9.17, 15) is 18.0 Å². The van der Waals surface area contributed by atoms with Gasteiger partial charge in [0.25, 0.3) is 0 Å². The van der Waals surface area contributed by atoms with Crippen LogP contribution in [0.3, 0.4) is 0 Å². The number of rotatable bonds is 4.